The minimum Gasteiger partial charge on any atom is -0.358 e. The highest BCUT2D eigenvalue weighted by atomic mass is 35.5. The number of nitrogens with zero attached hydrogens (tertiary/aromatic N) is 2. The Morgan fingerprint density at radius 1 is 1.11 bits per heavy atom. The Labute approximate surface area is 166 Å². The molecule has 1 aliphatic rings. The van der Waals surface area contributed by atoms with E-state index in [-0.39, 0.29) is 11.5 Å². The minimum atomic E-state index is -0.0978. The van der Waals surface area contributed by atoms with Crippen LogP contribution in [0.4, 0.5) is 0 Å². The summed E-state index contributed by atoms with van der Waals surface area (Å²) in [7, 11) is 1.68. The maximum Gasteiger partial charge on any atom is 0.258 e. The van der Waals surface area contributed by atoms with Crippen LogP contribution in [0, 0.1) is 0 Å². The van der Waals surface area contributed by atoms with Crippen molar-refractivity contribution < 1.29 is 4.79 Å². The molecule has 3 heterocycles. The lowest BCUT2D eigenvalue weighted by molar-refractivity contribution is 0.0736. The van der Waals surface area contributed by atoms with E-state index in [2.05, 4.69) is 4.98 Å². The Morgan fingerprint density at radius 2 is 1.89 bits per heavy atom. The van der Waals surface area contributed by atoms with E-state index in [9.17, 15) is 9.59 Å². The number of halogens is 1. The molecule has 1 aliphatic heterocycles. The highest BCUT2D eigenvalue weighted by molar-refractivity contribution is 6.31. The van der Waals surface area contributed by atoms with E-state index >= 15 is 0 Å². The molecule has 0 bridgehead atoms. The number of aryl methyl sites for hydroxylation is 1. The summed E-state index contributed by atoms with van der Waals surface area (Å²) in [4.78, 5) is 31.1. The predicted molar refractivity (Wildman–Crippen MR) is 111 cm³/mol. The van der Waals surface area contributed by atoms with E-state index in [0.717, 1.165) is 28.6 Å². The van der Waals surface area contributed by atoms with Crippen LogP contribution in [0.15, 0.2) is 53.5 Å². The lowest BCUT2D eigenvalue weighted by atomic mass is 10.0. The van der Waals surface area contributed by atoms with Crippen LogP contribution in [0.25, 0.3) is 21.7 Å². The van der Waals surface area contributed by atoms with Crippen LogP contribution in [0.2, 0.25) is 5.02 Å². The number of aromatic amines is 1. The van der Waals surface area contributed by atoms with Crippen LogP contribution in [0.1, 0.15) is 21.6 Å². The zero-order valence-electron chi connectivity index (χ0n) is 15.3. The van der Waals surface area contributed by atoms with Crippen molar-refractivity contribution in [3.63, 3.8) is 0 Å². The summed E-state index contributed by atoms with van der Waals surface area (Å²) in [5, 5.41) is 3.00. The van der Waals surface area contributed by atoms with Gasteiger partial charge >= 0.3 is 0 Å². The third-order valence-corrected chi connectivity index (χ3v) is 5.78. The number of nitrogens with one attached hydrogen (secondary N) is 1. The van der Waals surface area contributed by atoms with E-state index in [0.29, 0.717) is 34.4 Å². The summed E-state index contributed by atoms with van der Waals surface area (Å²) in [5.41, 5.74) is 3.77. The molecule has 0 aliphatic carbocycles. The number of benzene rings is 2. The molecule has 1 N–H and O–H groups in total. The zero-order valence-corrected chi connectivity index (χ0v) is 16.1. The summed E-state index contributed by atoms with van der Waals surface area (Å²) in [6.45, 7) is 1.15. The molecule has 0 saturated heterocycles. The molecule has 0 spiro atoms. The molecule has 5 rings (SSSR count). The second-order valence-corrected chi connectivity index (χ2v) is 7.69. The van der Waals surface area contributed by atoms with Crippen molar-refractivity contribution in [3.05, 3.63) is 80.9 Å². The van der Waals surface area contributed by atoms with Crippen LogP contribution in [-0.2, 0) is 20.0 Å². The lowest BCUT2D eigenvalue weighted by Gasteiger charge is -2.28. The van der Waals surface area contributed by atoms with Crippen LogP contribution in [0.3, 0.4) is 0 Å². The molecule has 2 aromatic heterocycles. The molecule has 140 valence electrons. The van der Waals surface area contributed by atoms with Gasteiger partial charge in [0.1, 0.15) is 0 Å². The number of H-pyrrole nitrogens is 1. The van der Waals surface area contributed by atoms with Gasteiger partial charge in [-0.1, -0.05) is 29.8 Å². The summed E-state index contributed by atoms with van der Waals surface area (Å²) >= 11 is 6.18. The van der Waals surface area contributed by atoms with Crippen LogP contribution >= 0.6 is 11.6 Å². The van der Waals surface area contributed by atoms with Crippen molar-refractivity contribution >= 4 is 39.2 Å². The topological polar surface area (TPSA) is 58.1 Å². The number of rotatable bonds is 1. The molecule has 0 saturated carbocycles. The molecule has 4 aromatic rings. The van der Waals surface area contributed by atoms with Crippen molar-refractivity contribution in [3.8, 4) is 0 Å². The third kappa shape index (κ3) is 2.54. The molecule has 5 nitrogen and oxygen atoms in total. The molecule has 0 fully saturated rings. The highest BCUT2D eigenvalue weighted by Crippen LogP contribution is 2.30. The van der Waals surface area contributed by atoms with Gasteiger partial charge in [-0.2, -0.15) is 0 Å². The van der Waals surface area contributed by atoms with E-state index in [1.807, 2.05) is 41.3 Å². The summed E-state index contributed by atoms with van der Waals surface area (Å²) in [6, 6.07) is 13.1. The van der Waals surface area contributed by atoms with E-state index in [4.69, 9.17) is 11.6 Å². The summed E-state index contributed by atoms with van der Waals surface area (Å²) in [5.74, 6) is -0.0613. The van der Waals surface area contributed by atoms with Crippen molar-refractivity contribution in [1.82, 2.24) is 14.5 Å². The predicted octanol–water partition coefficient (Wildman–Crippen LogP) is 3.87. The van der Waals surface area contributed by atoms with E-state index in [1.165, 1.54) is 4.57 Å². The number of amides is 1. The van der Waals surface area contributed by atoms with Gasteiger partial charge < -0.3 is 14.5 Å². The Balaban J connectivity index is 1.59. The zero-order chi connectivity index (χ0) is 19.4. The Hall–Kier alpha value is -3.05. The van der Waals surface area contributed by atoms with Gasteiger partial charge in [0.25, 0.3) is 11.5 Å². The normalized spacial score (nSPS) is 13.9. The highest BCUT2D eigenvalue weighted by Gasteiger charge is 2.26. The largest absolute Gasteiger partial charge is 0.358 e. The Morgan fingerprint density at radius 3 is 2.71 bits per heavy atom. The van der Waals surface area contributed by atoms with Crippen molar-refractivity contribution in [2.45, 2.75) is 13.0 Å². The van der Waals surface area contributed by atoms with Crippen molar-refractivity contribution in [2.24, 2.45) is 7.05 Å². The molecule has 0 radical (unpaired) electrons. The van der Waals surface area contributed by atoms with Gasteiger partial charge in [-0.05, 0) is 24.3 Å². The van der Waals surface area contributed by atoms with Crippen LogP contribution in [-0.4, -0.2) is 26.9 Å². The molecule has 0 unspecified atom stereocenters. The van der Waals surface area contributed by atoms with Gasteiger partial charge in [-0.25, -0.2) is 0 Å². The molecule has 1 amide bonds. The number of hydrogen-bond donors (Lipinski definition) is 1. The van der Waals surface area contributed by atoms with Crippen LogP contribution < -0.4 is 5.56 Å². The van der Waals surface area contributed by atoms with Crippen molar-refractivity contribution in [1.29, 1.82) is 0 Å². The number of carbonyl (C=O) groups is 1. The van der Waals surface area contributed by atoms with Gasteiger partial charge in [0, 0.05) is 70.7 Å². The average Bonchev–Trinajstić information content (AvgIpc) is 3.07. The first kappa shape index (κ1) is 17.1. The van der Waals surface area contributed by atoms with E-state index < -0.39 is 0 Å². The van der Waals surface area contributed by atoms with Gasteiger partial charge in [-0.15, -0.1) is 0 Å². The number of pyridine rings is 1. The lowest BCUT2D eigenvalue weighted by Crippen LogP contribution is -2.36. The van der Waals surface area contributed by atoms with Crippen molar-refractivity contribution in [2.75, 3.05) is 6.54 Å². The van der Waals surface area contributed by atoms with Crippen LogP contribution in [0.5, 0.6) is 0 Å². The molecule has 6 heteroatoms. The number of carbonyl (C=O) groups excluding carboxylic acids is 1. The van der Waals surface area contributed by atoms with E-state index in [1.54, 1.807) is 19.3 Å². The fourth-order valence-corrected chi connectivity index (χ4v) is 4.29. The molecule has 2 aromatic carbocycles. The number of fused-ring (bicyclic) bond motifs is 4. The molecule has 28 heavy (non-hydrogen) atoms. The minimum absolute atomic E-state index is 0.0613. The first-order valence-electron chi connectivity index (χ1n) is 9.19. The van der Waals surface area contributed by atoms with Gasteiger partial charge in [0.2, 0.25) is 0 Å². The number of aromatic nitrogens is 2. The molecular weight excluding hydrogens is 374 g/mol. The first-order chi connectivity index (χ1) is 13.5. The summed E-state index contributed by atoms with van der Waals surface area (Å²) in [6.07, 6.45) is 2.41. The maximum absolute atomic E-state index is 13.4. The monoisotopic (exact) mass is 391 g/mol. The quantitative estimate of drug-likeness (QED) is 0.535. The number of hydrogen-bond acceptors (Lipinski definition) is 2. The fraction of sp³-hybridized carbons (Fsp3) is 0.182. The van der Waals surface area contributed by atoms with Gasteiger partial charge in [0.05, 0.1) is 5.56 Å². The fourth-order valence-electron chi connectivity index (χ4n) is 4.12. The Kier molecular flexibility index (Phi) is 3.81. The second-order valence-electron chi connectivity index (χ2n) is 7.25. The molecular formula is C22H18ClN3O2. The third-order valence-electron chi connectivity index (χ3n) is 5.55. The van der Waals surface area contributed by atoms with Gasteiger partial charge in [-0.3, -0.25) is 9.59 Å². The Bertz CT molecular complexity index is 1320. The first-order valence-corrected chi connectivity index (χ1v) is 9.57. The standard InChI is InChI=1S/C22H18ClN3O2/c1-25-11-18(14-4-2-3-5-15(14)21(25)27)22(28)26-9-8-20-17(12-26)16-10-13(23)6-7-19(16)24-20/h2-7,10-11,24H,8-9,12H2,1H3. The maximum atomic E-state index is 13.4. The average molecular weight is 392 g/mol. The van der Waals surface area contributed by atoms with Gasteiger partial charge in [0.15, 0.2) is 0 Å². The second kappa shape index (κ2) is 6.24. The smallest absolute Gasteiger partial charge is 0.258 e. The molecule has 0 atom stereocenters. The SMILES string of the molecule is Cn1cc(C(=O)N2CCc3[nH]c4ccc(Cl)cc4c3C2)c2ccccc2c1=O. The summed E-state index contributed by atoms with van der Waals surface area (Å²) < 4.78 is 1.48.